The van der Waals surface area contributed by atoms with Crippen LogP contribution < -0.4 is 5.32 Å². The Bertz CT molecular complexity index is 1480. The number of hydrogen-bond donors (Lipinski definition) is 1. The summed E-state index contributed by atoms with van der Waals surface area (Å²) in [5.41, 5.74) is 2.25. The summed E-state index contributed by atoms with van der Waals surface area (Å²) in [5, 5.41) is 2.81. The predicted molar refractivity (Wildman–Crippen MR) is 125 cm³/mol. The molecule has 0 aliphatic carbocycles. The number of hydrogen-bond acceptors (Lipinski definition) is 7. The fraction of sp³-hybridized carbons (Fsp3) is 0.125. The zero-order chi connectivity index (χ0) is 24.5. The van der Waals surface area contributed by atoms with Crippen LogP contribution in [0.5, 0.6) is 0 Å². The minimum Gasteiger partial charge on any atom is -0.464 e. The standard InChI is InChI=1S/C24H21FN4O4S/c1-15-8-10-18(11-9-15)34(31,32)29-14-17(12-21(29)23(30)33-3)22-16(2)13-26-24(28-22)27-20-7-5-4-6-19(20)25/h4-14H,1-3H3,(H,26,27,28). The van der Waals surface area contributed by atoms with Crippen LogP contribution in [0.3, 0.4) is 0 Å². The number of esters is 1. The van der Waals surface area contributed by atoms with Crippen LogP contribution in [-0.2, 0) is 14.8 Å². The highest BCUT2D eigenvalue weighted by Gasteiger charge is 2.26. The van der Waals surface area contributed by atoms with Crippen molar-refractivity contribution >= 4 is 27.6 Å². The third-order valence-corrected chi connectivity index (χ3v) is 6.81. The molecule has 0 aliphatic heterocycles. The minimum atomic E-state index is -4.10. The fourth-order valence-electron chi connectivity index (χ4n) is 3.33. The lowest BCUT2D eigenvalue weighted by Crippen LogP contribution is -2.18. The molecule has 0 amide bonds. The Morgan fingerprint density at radius 1 is 1.09 bits per heavy atom. The largest absolute Gasteiger partial charge is 0.464 e. The van der Waals surface area contributed by atoms with Gasteiger partial charge in [0.15, 0.2) is 0 Å². The molecule has 34 heavy (non-hydrogen) atoms. The van der Waals surface area contributed by atoms with Gasteiger partial charge in [-0.3, -0.25) is 0 Å². The number of benzene rings is 2. The smallest absolute Gasteiger partial charge is 0.355 e. The molecule has 2 aromatic carbocycles. The number of methoxy groups -OCH3 is 1. The Morgan fingerprint density at radius 3 is 2.47 bits per heavy atom. The van der Waals surface area contributed by atoms with Crippen molar-refractivity contribution in [3.63, 3.8) is 0 Å². The summed E-state index contributed by atoms with van der Waals surface area (Å²) < 4.78 is 46.4. The Kier molecular flexibility index (Phi) is 6.16. The third-order valence-electron chi connectivity index (χ3n) is 5.12. The first kappa shape index (κ1) is 23.1. The first-order valence-corrected chi connectivity index (χ1v) is 11.6. The van der Waals surface area contributed by atoms with Gasteiger partial charge in [-0.05, 0) is 49.7 Å². The van der Waals surface area contributed by atoms with Crippen molar-refractivity contribution in [2.45, 2.75) is 18.7 Å². The van der Waals surface area contributed by atoms with Crippen LogP contribution in [0.2, 0.25) is 0 Å². The molecule has 174 valence electrons. The van der Waals surface area contributed by atoms with E-state index in [1.54, 1.807) is 31.2 Å². The minimum absolute atomic E-state index is 0.0201. The van der Waals surface area contributed by atoms with Gasteiger partial charge in [-0.25, -0.2) is 31.5 Å². The molecule has 4 rings (SSSR count). The summed E-state index contributed by atoms with van der Waals surface area (Å²) in [6, 6.07) is 13.7. The maximum absolute atomic E-state index is 14.0. The molecule has 0 fully saturated rings. The van der Waals surface area contributed by atoms with E-state index in [0.29, 0.717) is 16.8 Å². The Labute approximate surface area is 196 Å². The quantitative estimate of drug-likeness (QED) is 0.406. The monoisotopic (exact) mass is 480 g/mol. The number of ether oxygens (including phenoxy) is 1. The van der Waals surface area contributed by atoms with Gasteiger partial charge in [-0.15, -0.1) is 0 Å². The number of carbonyl (C=O) groups excluding carboxylic acids is 1. The van der Waals surface area contributed by atoms with E-state index >= 15 is 0 Å². The Hall–Kier alpha value is -4.05. The molecule has 0 radical (unpaired) electrons. The molecule has 0 spiro atoms. The maximum atomic E-state index is 14.0. The highest BCUT2D eigenvalue weighted by Crippen LogP contribution is 2.28. The van der Waals surface area contributed by atoms with Crippen molar-refractivity contribution in [3.8, 4) is 11.3 Å². The van der Waals surface area contributed by atoms with Gasteiger partial charge in [0.1, 0.15) is 11.5 Å². The molecular formula is C24H21FN4O4S. The molecule has 8 nitrogen and oxygen atoms in total. The van der Waals surface area contributed by atoms with Gasteiger partial charge in [0, 0.05) is 18.0 Å². The summed E-state index contributed by atoms with van der Waals surface area (Å²) in [7, 11) is -2.93. The normalized spacial score (nSPS) is 11.3. The summed E-state index contributed by atoms with van der Waals surface area (Å²) in [6.07, 6.45) is 2.83. The Morgan fingerprint density at radius 2 is 1.79 bits per heavy atom. The van der Waals surface area contributed by atoms with Gasteiger partial charge in [-0.1, -0.05) is 29.8 Å². The lowest BCUT2D eigenvalue weighted by atomic mass is 10.1. The van der Waals surface area contributed by atoms with Crippen molar-refractivity contribution in [1.82, 2.24) is 13.9 Å². The summed E-state index contributed by atoms with van der Waals surface area (Å²) in [4.78, 5) is 21.1. The predicted octanol–water partition coefficient (Wildman–Crippen LogP) is 4.47. The number of aromatic nitrogens is 3. The average molecular weight is 481 g/mol. The molecule has 0 atom stereocenters. The second-order valence-corrected chi connectivity index (χ2v) is 9.36. The van der Waals surface area contributed by atoms with Gasteiger partial charge in [0.2, 0.25) is 5.95 Å². The van der Waals surface area contributed by atoms with Gasteiger partial charge in [0.25, 0.3) is 10.0 Å². The maximum Gasteiger partial charge on any atom is 0.355 e. The molecule has 0 bridgehead atoms. The van der Waals surface area contributed by atoms with E-state index in [2.05, 4.69) is 15.3 Å². The first-order chi connectivity index (χ1) is 16.2. The van der Waals surface area contributed by atoms with Crippen LogP contribution in [0.25, 0.3) is 11.3 Å². The van der Waals surface area contributed by atoms with Crippen molar-refractivity contribution in [2.75, 3.05) is 12.4 Å². The molecule has 0 saturated carbocycles. The number of carbonyl (C=O) groups is 1. The summed E-state index contributed by atoms with van der Waals surface area (Å²) in [5.74, 6) is -1.19. The molecule has 0 saturated heterocycles. The van der Waals surface area contributed by atoms with Crippen LogP contribution in [0.15, 0.2) is 71.9 Å². The number of anilines is 2. The number of nitrogens with one attached hydrogen (secondary N) is 1. The second kappa shape index (κ2) is 9.06. The van der Waals surface area contributed by atoms with Crippen molar-refractivity contribution in [1.29, 1.82) is 0 Å². The summed E-state index contributed by atoms with van der Waals surface area (Å²) >= 11 is 0. The fourth-order valence-corrected chi connectivity index (χ4v) is 4.67. The average Bonchev–Trinajstić information content (AvgIpc) is 3.28. The van der Waals surface area contributed by atoms with E-state index in [1.807, 2.05) is 6.92 Å². The van der Waals surface area contributed by atoms with E-state index in [-0.39, 0.29) is 22.2 Å². The highest BCUT2D eigenvalue weighted by atomic mass is 32.2. The van der Waals surface area contributed by atoms with E-state index < -0.39 is 21.8 Å². The number of rotatable bonds is 6. The van der Waals surface area contributed by atoms with Gasteiger partial charge < -0.3 is 10.1 Å². The molecule has 0 unspecified atom stereocenters. The molecule has 4 aromatic rings. The molecule has 2 aromatic heterocycles. The lowest BCUT2D eigenvalue weighted by Gasteiger charge is -2.10. The molecule has 2 heterocycles. The summed E-state index contributed by atoms with van der Waals surface area (Å²) in [6.45, 7) is 3.58. The van der Waals surface area contributed by atoms with Crippen LogP contribution in [0.4, 0.5) is 16.0 Å². The SMILES string of the molecule is COC(=O)c1cc(-c2nc(Nc3ccccc3F)ncc2C)cn1S(=O)(=O)c1ccc(C)cc1. The highest BCUT2D eigenvalue weighted by molar-refractivity contribution is 7.90. The van der Waals surface area contributed by atoms with E-state index in [4.69, 9.17) is 4.74 Å². The molecule has 1 N–H and O–H groups in total. The van der Waals surface area contributed by atoms with Crippen molar-refractivity contribution in [3.05, 3.63) is 89.6 Å². The van der Waals surface area contributed by atoms with E-state index in [0.717, 1.165) is 9.54 Å². The third kappa shape index (κ3) is 4.40. The number of nitrogens with zero attached hydrogens (tertiary/aromatic N) is 3. The topological polar surface area (TPSA) is 103 Å². The lowest BCUT2D eigenvalue weighted by molar-refractivity contribution is 0.0593. The van der Waals surface area contributed by atoms with Gasteiger partial charge >= 0.3 is 5.97 Å². The van der Waals surface area contributed by atoms with Crippen LogP contribution >= 0.6 is 0 Å². The van der Waals surface area contributed by atoms with Crippen LogP contribution in [-0.4, -0.2) is 35.4 Å². The number of para-hydroxylation sites is 1. The second-order valence-electron chi connectivity index (χ2n) is 7.55. The van der Waals surface area contributed by atoms with Gasteiger partial charge in [-0.2, -0.15) is 0 Å². The first-order valence-electron chi connectivity index (χ1n) is 10.2. The molecular weight excluding hydrogens is 459 g/mol. The van der Waals surface area contributed by atoms with E-state index in [9.17, 15) is 17.6 Å². The number of halogens is 1. The van der Waals surface area contributed by atoms with Crippen LogP contribution in [0.1, 0.15) is 21.6 Å². The number of aryl methyl sites for hydroxylation is 2. The van der Waals surface area contributed by atoms with Crippen LogP contribution in [0, 0.1) is 19.7 Å². The van der Waals surface area contributed by atoms with Gasteiger partial charge in [0.05, 0.1) is 23.4 Å². The van der Waals surface area contributed by atoms with Crippen molar-refractivity contribution in [2.24, 2.45) is 0 Å². The zero-order valence-electron chi connectivity index (χ0n) is 18.6. The Balaban J connectivity index is 1.81. The molecule has 10 heteroatoms. The van der Waals surface area contributed by atoms with E-state index in [1.165, 1.54) is 49.8 Å². The van der Waals surface area contributed by atoms with Crippen molar-refractivity contribution < 1.29 is 22.3 Å². The zero-order valence-corrected chi connectivity index (χ0v) is 19.4. The molecule has 0 aliphatic rings.